The van der Waals surface area contributed by atoms with Crippen molar-refractivity contribution in [1.82, 2.24) is 4.98 Å². The predicted molar refractivity (Wildman–Crippen MR) is 86.1 cm³/mol. The SMILES string of the molecule is CCOC(=O)c1cc2ccc(Br)c(C)c2nc1C(=O)OCC. The van der Waals surface area contributed by atoms with Crippen molar-refractivity contribution in [1.29, 1.82) is 0 Å². The molecule has 0 fully saturated rings. The van der Waals surface area contributed by atoms with Gasteiger partial charge in [-0.2, -0.15) is 0 Å². The van der Waals surface area contributed by atoms with Gasteiger partial charge in [-0.25, -0.2) is 14.6 Å². The Morgan fingerprint density at radius 1 is 1.14 bits per heavy atom. The lowest BCUT2D eigenvalue weighted by Gasteiger charge is -2.11. The van der Waals surface area contributed by atoms with Crippen molar-refractivity contribution in [3.63, 3.8) is 0 Å². The number of hydrogen-bond donors (Lipinski definition) is 0. The average molecular weight is 366 g/mol. The first kappa shape index (κ1) is 16.4. The smallest absolute Gasteiger partial charge is 0.357 e. The number of fused-ring (bicyclic) bond motifs is 1. The largest absolute Gasteiger partial charge is 0.462 e. The van der Waals surface area contributed by atoms with Crippen molar-refractivity contribution in [3.05, 3.63) is 39.5 Å². The minimum Gasteiger partial charge on any atom is -0.462 e. The van der Waals surface area contributed by atoms with Gasteiger partial charge in [0.2, 0.25) is 0 Å². The fourth-order valence-corrected chi connectivity index (χ4v) is 2.40. The van der Waals surface area contributed by atoms with Gasteiger partial charge in [-0.05, 0) is 38.5 Å². The van der Waals surface area contributed by atoms with E-state index in [-0.39, 0.29) is 24.5 Å². The highest BCUT2D eigenvalue weighted by Gasteiger charge is 2.22. The zero-order chi connectivity index (χ0) is 16.3. The van der Waals surface area contributed by atoms with Crippen molar-refractivity contribution < 1.29 is 19.1 Å². The van der Waals surface area contributed by atoms with Crippen LogP contribution in [0.2, 0.25) is 0 Å². The van der Waals surface area contributed by atoms with Crippen molar-refractivity contribution in [2.45, 2.75) is 20.8 Å². The van der Waals surface area contributed by atoms with Crippen LogP contribution >= 0.6 is 15.9 Å². The highest BCUT2D eigenvalue weighted by Crippen LogP contribution is 2.26. The highest BCUT2D eigenvalue weighted by molar-refractivity contribution is 9.10. The molecule has 1 aromatic carbocycles. The Balaban J connectivity index is 2.70. The number of hydrogen-bond acceptors (Lipinski definition) is 5. The number of rotatable bonds is 4. The molecule has 0 spiro atoms. The van der Waals surface area contributed by atoms with Crippen LogP contribution in [0.3, 0.4) is 0 Å². The van der Waals surface area contributed by atoms with Crippen LogP contribution in [0.15, 0.2) is 22.7 Å². The Labute approximate surface area is 136 Å². The van der Waals surface area contributed by atoms with Gasteiger partial charge < -0.3 is 9.47 Å². The Bertz CT molecular complexity index is 742. The molecule has 22 heavy (non-hydrogen) atoms. The maximum Gasteiger partial charge on any atom is 0.357 e. The van der Waals surface area contributed by atoms with E-state index in [2.05, 4.69) is 20.9 Å². The number of esters is 2. The van der Waals surface area contributed by atoms with E-state index < -0.39 is 11.9 Å². The predicted octanol–water partition coefficient (Wildman–Crippen LogP) is 3.66. The summed E-state index contributed by atoms with van der Waals surface area (Å²) < 4.78 is 10.9. The van der Waals surface area contributed by atoms with Gasteiger partial charge in [0.15, 0.2) is 5.69 Å². The molecule has 6 heteroatoms. The molecule has 2 aromatic rings. The lowest BCUT2D eigenvalue weighted by atomic mass is 10.1. The third-order valence-electron chi connectivity index (χ3n) is 3.14. The van der Waals surface area contributed by atoms with E-state index in [9.17, 15) is 9.59 Å². The summed E-state index contributed by atoms with van der Waals surface area (Å²) in [5.74, 6) is -1.22. The third kappa shape index (κ3) is 3.11. The van der Waals surface area contributed by atoms with Gasteiger partial charge >= 0.3 is 11.9 Å². The van der Waals surface area contributed by atoms with Gasteiger partial charge in [0.25, 0.3) is 0 Å². The van der Waals surface area contributed by atoms with E-state index >= 15 is 0 Å². The quantitative estimate of drug-likeness (QED) is 0.773. The zero-order valence-electron chi connectivity index (χ0n) is 12.6. The zero-order valence-corrected chi connectivity index (χ0v) is 14.2. The summed E-state index contributed by atoms with van der Waals surface area (Å²) in [4.78, 5) is 28.6. The fourth-order valence-electron chi connectivity index (χ4n) is 2.08. The molecule has 0 aliphatic rings. The molecular weight excluding hydrogens is 350 g/mol. The normalized spacial score (nSPS) is 10.5. The van der Waals surface area contributed by atoms with Crippen LogP contribution in [0.5, 0.6) is 0 Å². The van der Waals surface area contributed by atoms with Gasteiger partial charge in [-0.15, -0.1) is 0 Å². The van der Waals surface area contributed by atoms with Crippen LogP contribution in [-0.4, -0.2) is 30.1 Å². The van der Waals surface area contributed by atoms with Crippen LogP contribution in [0, 0.1) is 6.92 Å². The van der Waals surface area contributed by atoms with E-state index in [0.29, 0.717) is 5.52 Å². The topological polar surface area (TPSA) is 65.5 Å². The van der Waals surface area contributed by atoms with E-state index in [0.717, 1.165) is 15.4 Å². The number of aryl methyl sites for hydroxylation is 1. The minimum absolute atomic E-state index is 0.0194. The molecule has 2 rings (SSSR count). The van der Waals surface area contributed by atoms with Crippen molar-refractivity contribution in [2.75, 3.05) is 13.2 Å². The van der Waals surface area contributed by atoms with Crippen molar-refractivity contribution >= 4 is 38.8 Å². The molecule has 0 aliphatic heterocycles. The maximum atomic E-state index is 12.1. The van der Waals surface area contributed by atoms with Crippen molar-refractivity contribution in [2.24, 2.45) is 0 Å². The molecule has 0 saturated heterocycles. The van der Waals surface area contributed by atoms with Crippen molar-refractivity contribution in [3.8, 4) is 0 Å². The molecule has 0 atom stereocenters. The van der Waals surface area contributed by atoms with Gasteiger partial charge in [0, 0.05) is 9.86 Å². The van der Waals surface area contributed by atoms with Crippen LogP contribution in [-0.2, 0) is 9.47 Å². The Kier molecular flexibility index (Phi) is 5.13. The number of carbonyl (C=O) groups excluding carboxylic acids is 2. The van der Waals surface area contributed by atoms with E-state index in [4.69, 9.17) is 9.47 Å². The molecule has 0 bridgehead atoms. The summed E-state index contributed by atoms with van der Waals surface area (Å²) in [6.07, 6.45) is 0. The van der Waals surface area contributed by atoms with Crippen LogP contribution < -0.4 is 0 Å². The summed E-state index contributed by atoms with van der Waals surface area (Å²) in [6, 6.07) is 5.32. The molecule has 0 N–H and O–H groups in total. The summed E-state index contributed by atoms with van der Waals surface area (Å²) in [6.45, 7) is 5.72. The number of pyridine rings is 1. The number of aromatic nitrogens is 1. The maximum absolute atomic E-state index is 12.1. The summed E-state index contributed by atoms with van der Waals surface area (Å²) in [5.41, 5.74) is 1.63. The number of benzene rings is 1. The highest BCUT2D eigenvalue weighted by atomic mass is 79.9. The number of carbonyl (C=O) groups is 2. The second-order valence-electron chi connectivity index (χ2n) is 4.57. The Hall–Kier alpha value is -1.95. The molecular formula is C16H16BrNO4. The van der Waals surface area contributed by atoms with Crippen LogP contribution in [0.4, 0.5) is 0 Å². The molecule has 0 saturated carbocycles. The molecule has 1 heterocycles. The van der Waals surface area contributed by atoms with Gasteiger partial charge in [-0.3, -0.25) is 0 Å². The molecule has 116 valence electrons. The van der Waals surface area contributed by atoms with E-state index in [1.165, 1.54) is 0 Å². The first-order valence-electron chi connectivity index (χ1n) is 6.93. The molecule has 1 aromatic heterocycles. The van der Waals surface area contributed by atoms with Gasteiger partial charge in [0.1, 0.15) is 0 Å². The standard InChI is InChI=1S/C16H16BrNO4/c1-4-21-15(19)11-8-10-6-7-12(17)9(3)13(10)18-14(11)16(20)22-5-2/h6-8H,4-5H2,1-3H3. The minimum atomic E-state index is -0.633. The molecule has 0 aliphatic carbocycles. The second-order valence-corrected chi connectivity index (χ2v) is 5.42. The first-order chi connectivity index (χ1) is 10.5. The summed E-state index contributed by atoms with van der Waals surface area (Å²) in [5, 5.41) is 0.761. The number of nitrogens with zero attached hydrogens (tertiary/aromatic N) is 1. The molecule has 0 radical (unpaired) electrons. The van der Waals surface area contributed by atoms with Gasteiger partial charge in [0.05, 0.1) is 24.3 Å². The molecule has 0 amide bonds. The number of halogens is 1. The monoisotopic (exact) mass is 365 g/mol. The fraction of sp³-hybridized carbons (Fsp3) is 0.312. The summed E-state index contributed by atoms with van der Waals surface area (Å²) in [7, 11) is 0. The molecule has 0 unspecified atom stereocenters. The molecule has 5 nitrogen and oxygen atoms in total. The van der Waals surface area contributed by atoms with E-state index in [1.54, 1.807) is 19.9 Å². The number of ether oxygens (including phenoxy) is 2. The van der Waals surface area contributed by atoms with Crippen LogP contribution in [0.25, 0.3) is 10.9 Å². The first-order valence-corrected chi connectivity index (χ1v) is 7.73. The Morgan fingerprint density at radius 3 is 2.41 bits per heavy atom. The van der Waals surface area contributed by atoms with E-state index in [1.807, 2.05) is 19.1 Å². The average Bonchev–Trinajstić information content (AvgIpc) is 2.50. The third-order valence-corrected chi connectivity index (χ3v) is 4.00. The lowest BCUT2D eigenvalue weighted by Crippen LogP contribution is -2.16. The summed E-state index contributed by atoms with van der Waals surface area (Å²) >= 11 is 3.43. The Morgan fingerprint density at radius 2 is 1.77 bits per heavy atom. The van der Waals surface area contributed by atoms with Crippen LogP contribution in [0.1, 0.15) is 40.3 Å². The van der Waals surface area contributed by atoms with Gasteiger partial charge in [-0.1, -0.05) is 22.0 Å². The second kappa shape index (κ2) is 6.87. The lowest BCUT2D eigenvalue weighted by molar-refractivity contribution is 0.0474.